The summed E-state index contributed by atoms with van der Waals surface area (Å²) in [5.74, 6) is 0. The highest BCUT2D eigenvalue weighted by Gasteiger charge is 2.52. The van der Waals surface area contributed by atoms with Crippen LogP contribution in [0.15, 0.2) is 41.5 Å². The molecule has 0 N–H and O–H groups in total. The molecule has 114 valence electrons. The van der Waals surface area contributed by atoms with Gasteiger partial charge in [0.15, 0.2) is 0 Å². The van der Waals surface area contributed by atoms with Gasteiger partial charge in [-0.3, -0.25) is 0 Å². The number of rotatable bonds is 3. The van der Waals surface area contributed by atoms with Crippen LogP contribution in [0.5, 0.6) is 0 Å². The standard InChI is InChI=1S/C16H19BN2O2S/c1-15(2)16(3,4)21-17(20-15)13-11-19-14(22-13)18-10-12-8-6-5-7-9-12/h5-11H,1-4H3/b18-10-. The molecule has 6 heteroatoms. The van der Waals surface area contributed by atoms with Crippen molar-refractivity contribution in [2.45, 2.75) is 38.9 Å². The third kappa shape index (κ3) is 3.00. The average molecular weight is 314 g/mol. The van der Waals surface area contributed by atoms with Gasteiger partial charge in [0, 0.05) is 12.4 Å². The van der Waals surface area contributed by atoms with E-state index in [0.29, 0.717) is 5.13 Å². The van der Waals surface area contributed by atoms with Gasteiger partial charge >= 0.3 is 7.12 Å². The Labute approximate surface area is 135 Å². The summed E-state index contributed by atoms with van der Waals surface area (Å²) >= 11 is 1.49. The molecule has 0 radical (unpaired) electrons. The first-order valence-electron chi connectivity index (χ1n) is 7.28. The van der Waals surface area contributed by atoms with Crippen LogP contribution in [-0.2, 0) is 9.31 Å². The minimum absolute atomic E-state index is 0.338. The van der Waals surface area contributed by atoms with Crippen LogP contribution in [0, 0.1) is 0 Å². The zero-order valence-electron chi connectivity index (χ0n) is 13.2. The summed E-state index contributed by atoms with van der Waals surface area (Å²) in [5, 5.41) is 0.702. The molecule has 1 aromatic carbocycles. The average Bonchev–Trinajstić information content (AvgIpc) is 3.01. The molecule has 0 atom stereocenters. The van der Waals surface area contributed by atoms with Crippen LogP contribution in [0.1, 0.15) is 33.3 Å². The lowest BCUT2D eigenvalue weighted by Crippen LogP contribution is -2.41. The molecule has 2 aromatic rings. The van der Waals surface area contributed by atoms with Crippen molar-refractivity contribution in [2.75, 3.05) is 0 Å². The molecule has 3 rings (SSSR count). The fourth-order valence-electron chi connectivity index (χ4n) is 2.07. The van der Waals surface area contributed by atoms with E-state index < -0.39 is 0 Å². The van der Waals surface area contributed by atoms with Crippen molar-refractivity contribution in [3.05, 3.63) is 42.1 Å². The molecule has 2 heterocycles. The van der Waals surface area contributed by atoms with Gasteiger partial charge in [0.25, 0.3) is 0 Å². The first kappa shape index (κ1) is 15.4. The van der Waals surface area contributed by atoms with Gasteiger partial charge in [0.2, 0.25) is 5.13 Å². The Balaban J connectivity index is 1.74. The summed E-state index contributed by atoms with van der Waals surface area (Å²) in [7, 11) is -0.372. The van der Waals surface area contributed by atoms with E-state index in [-0.39, 0.29) is 18.3 Å². The molecule has 1 aromatic heterocycles. The summed E-state index contributed by atoms with van der Waals surface area (Å²) in [4.78, 5) is 8.74. The summed E-state index contributed by atoms with van der Waals surface area (Å²) < 4.78 is 13.0. The molecular weight excluding hydrogens is 295 g/mol. The summed E-state index contributed by atoms with van der Waals surface area (Å²) in [6, 6.07) is 9.97. The Morgan fingerprint density at radius 2 is 1.73 bits per heavy atom. The lowest BCUT2D eigenvalue weighted by molar-refractivity contribution is 0.00578. The molecule has 0 unspecified atom stereocenters. The zero-order chi connectivity index (χ0) is 15.8. The lowest BCUT2D eigenvalue weighted by atomic mass is 9.89. The van der Waals surface area contributed by atoms with Crippen molar-refractivity contribution in [3.8, 4) is 0 Å². The highest BCUT2D eigenvalue weighted by atomic mass is 32.1. The maximum absolute atomic E-state index is 6.02. The van der Waals surface area contributed by atoms with E-state index in [4.69, 9.17) is 9.31 Å². The third-order valence-electron chi connectivity index (χ3n) is 4.12. The molecule has 1 saturated heterocycles. The summed E-state index contributed by atoms with van der Waals surface area (Å²) in [6.07, 6.45) is 3.59. The topological polar surface area (TPSA) is 43.7 Å². The SMILES string of the molecule is CC1(C)OB(c2cnc(/N=C\c3ccccc3)s2)OC1(C)C. The van der Waals surface area contributed by atoms with E-state index in [0.717, 1.165) is 10.3 Å². The number of hydrogen-bond donors (Lipinski definition) is 0. The second kappa shape index (κ2) is 5.61. The first-order valence-corrected chi connectivity index (χ1v) is 8.09. The zero-order valence-corrected chi connectivity index (χ0v) is 14.1. The van der Waals surface area contributed by atoms with Crippen LogP contribution in [0.4, 0.5) is 5.13 Å². The van der Waals surface area contributed by atoms with Gasteiger partial charge in [-0.05, 0) is 33.3 Å². The van der Waals surface area contributed by atoms with E-state index in [1.54, 1.807) is 6.20 Å². The highest BCUT2D eigenvalue weighted by Crippen LogP contribution is 2.37. The van der Waals surface area contributed by atoms with Crippen molar-refractivity contribution in [1.82, 2.24) is 4.98 Å². The Morgan fingerprint density at radius 3 is 2.36 bits per heavy atom. The van der Waals surface area contributed by atoms with Gasteiger partial charge in [-0.2, -0.15) is 0 Å². The van der Waals surface area contributed by atoms with Crippen molar-refractivity contribution < 1.29 is 9.31 Å². The minimum Gasteiger partial charge on any atom is -0.399 e. The molecule has 0 amide bonds. The van der Waals surface area contributed by atoms with E-state index >= 15 is 0 Å². The first-order chi connectivity index (χ1) is 10.4. The van der Waals surface area contributed by atoms with E-state index in [2.05, 4.69) is 9.98 Å². The van der Waals surface area contributed by atoms with Gasteiger partial charge in [-0.15, -0.1) is 11.3 Å². The maximum Gasteiger partial charge on any atom is 0.507 e. The molecule has 1 fully saturated rings. The molecular formula is C16H19BN2O2S. The predicted molar refractivity (Wildman–Crippen MR) is 91.5 cm³/mol. The number of hydrogen-bond acceptors (Lipinski definition) is 5. The van der Waals surface area contributed by atoms with Crippen LogP contribution in [0.2, 0.25) is 0 Å². The van der Waals surface area contributed by atoms with Gasteiger partial charge < -0.3 is 9.31 Å². The molecule has 1 aliphatic rings. The molecule has 0 saturated carbocycles. The Bertz CT molecular complexity index is 666. The van der Waals surface area contributed by atoms with Crippen LogP contribution in [0.3, 0.4) is 0 Å². The molecule has 0 spiro atoms. The smallest absolute Gasteiger partial charge is 0.399 e. The monoisotopic (exact) mass is 314 g/mol. The number of aliphatic imine (C=N–C) groups is 1. The summed E-state index contributed by atoms with van der Waals surface area (Å²) in [5.41, 5.74) is 0.374. The molecule has 0 aliphatic carbocycles. The quantitative estimate of drug-likeness (QED) is 0.645. The van der Waals surface area contributed by atoms with Crippen LogP contribution in [-0.4, -0.2) is 29.5 Å². The molecule has 4 nitrogen and oxygen atoms in total. The van der Waals surface area contributed by atoms with Gasteiger partial charge in [0.1, 0.15) is 0 Å². The predicted octanol–water partition coefficient (Wildman–Crippen LogP) is 3.19. The fraction of sp³-hybridized carbons (Fsp3) is 0.375. The Hall–Kier alpha value is -1.50. The number of thiazole rings is 1. The highest BCUT2D eigenvalue weighted by molar-refractivity contribution is 7.25. The Morgan fingerprint density at radius 1 is 1.09 bits per heavy atom. The van der Waals surface area contributed by atoms with Crippen molar-refractivity contribution in [3.63, 3.8) is 0 Å². The van der Waals surface area contributed by atoms with Crippen LogP contribution < -0.4 is 4.78 Å². The van der Waals surface area contributed by atoms with E-state index in [1.807, 2.05) is 64.2 Å². The Kier molecular flexibility index (Phi) is 3.93. The number of benzene rings is 1. The van der Waals surface area contributed by atoms with Gasteiger partial charge in [0.05, 0.1) is 16.0 Å². The van der Waals surface area contributed by atoms with E-state index in [9.17, 15) is 0 Å². The van der Waals surface area contributed by atoms with Gasteiger partial charge in [-0.1, -0.05) is 30.3 Å². The molecule has 1 aliphatic heterocycles. The van der Waals surface area contributed by atoms with Crippen molar-refractivity contribution in [2.24, 2.45) is 4.99 Å². The molecule has 0 bridgehead atoms. The van der Waals surface area contributed by atoms with Crippen LogP contribution in [0.25, 0.3) is 0 Å². The van der Waals surface area contributed by atoms with Crippen LogP contribution >= 0.6 is 11.3 Å². The third-order valence-corrected chi connectivity index (χ3v) is 5.05. The van der Waals surface area contributed by atoms with Crippen molar-refractivity contribution >= 4 is 34.6 Å². The lowest BCUT2D eigenvalue weighted by Gasteiger charge is -2.32. The minimum atomic E-state index is -0.372. The number of aromatic nitrogens is 1. The largest absolute Gasteiger partial charge is 0.507 e. The number of nitrogens with zero attached hydrogens (tertiary/aromatic N) is 2. The summed E-state index contributed by atoms with van der Waals surface area (Å²) in [6.45, 7) is 8.18. The maximum atomic E-state index is 6.02. The van der Waals surface area contributed by atoms with E-state index in [1.165, 1.54) is 11.3 Å². The fourth-order valence-corrected chi connectivity index (χ4v) is 2.79. The second-order valence-corrected chi connectivity index (χ2v) is 7.34. The molecule has 22 heavy (non-hydrogen) atoms. The normalized spacial score (nSPS) is 19.9. The van der Waals surface area contributed by atoms with Crippen molar-refractivity contribution in [1.29, 1.82) is 0 Å². The van der Waals surface area contributed by atoms with Gasteiger partial charge in [-0.25, -0.2) is 9.98 Å². The second-order valence-electron chi connectivity index (χ2n) is 6.30.